The molecule has 0 aliphatic rings. The van der Waals surface area contributed by atoms with Crippen molar-refractivity contribution in [1.29, 1.82) is 0 Å². The largest absolute Gasteiger partial charge is 0.456 e. The summed E-state index contributed by atoms with van der Waals surface area (Å²) in [5.41, 5.74) is 2.76. The molecule has 20 heavy (non-hydrogen) atoms. The summed E-state index contributed by atoms with van der Waals surface area (Å²) in [4.78, 5) is 0. The van der Waals surface area contributed by atoms with E-state index in [4.69, 9.17) is 4.42 Å². The highest BCUT2D eigenvalue weighted by Crippen LogP contribution is 2.33. The van der Waals surface area contributed by atoms with Crippen LogP contribution in [-0.2, 0) is 0 Å². The molecule has 0 spiro atoms. The highest BCUT2D eigenvalue weighted by atomic mass is 16.3. The van der Waals surface area contributed by atoms with Gasteiger partial charge in [-0.3, -0.25) is 0 Å². The maximum Gasteiger partial charge on any atom is 0.135 e. The molecule has 0 fully saturated rings. The summed E-state index contributed by atoms with van der Waals surface area (Å²) in [5, 5.41) is 12.7. The molecule has 3 aromatic rings. The van der Waals surface area contributed by atoms with Crippen molar-refractivity contribution in [3.8, 4) is 0 Å². The molecule has 1 heterocycles. The standard InChI is InChI=1S/C18H20O2/c1-3-12(4-2)18(19)13-9-10-17-15(11-13)14-7-5-6-8-16(14)20-17/h5-12,18-19H,3-4H2,1-2H3. The summed E-state index contributed by atoms with van der Waals surface area (Å²) >= 11 is 0. The highest BCUT2D eigenvalue weighted by Gasteiger charge is 2.18. The maximum absolute atomic E-state index is 10.5. The third kappa shape index (κ3) is 2.10. The lowest BCUT2D eigenvalue weighted by atomic mass is 9.91. The van der Waals surface area contributed by atoms with E-state index in [1.807, 2.05) is 30.3 Å². The second-order valence-corrected chi connectivity index (χ2v) is 5.38. The van der Waals surface area contributed by atoms with Crippen molar-refractivity contribution in [2.24, 2.45) is 5.92 Å². The summed E-state index contributed by atoms with van der Waals surface area (Å²) in [6.45, 7) is 4.26. The number of para-hydroxylation sites is 1. The molecular weight excluding hydrogens is 248 g/mol. The van der Waals surface area contributed by atoms with Crippen LogP contribution in [0.2, 0.25) is 0 Å². The fourth-order valence-corrected chi connectivity index (χ4v) is 2.94. The predicted octanol–water partition coefficient (Wildman–Crippen LogP) is 5.06. The first kappa shape index (κ1) is 13.2. The Bertz CT molecular complexity index is 722. The Hall–Kier alpha value is -1.80. The number of aliphatic hydroxyl groups is 1. The van der Waals surface area contributed by atoms with Gasteiger partial charge in [0.05, 0.1) is 6.10 Å². The first-order valence-electron chi connectivity index (χ1n) is 7.33. The van der Waals surface area contributed by atoms with E-state index < -0.39 is 6.10 Å². The summed E-state index contributed by atoms with van der Waals surface area (Å²) < 4.78 is 5.82. The fourth-order valence-electron chi connectivity index (χ4n) is 2.94. The quantitative estimate of drug-likeness (QED) is 0.717. The Labute approximate surface area is 119 Å². The van der Waals surface area contributed by atoms with E-state index in [1.54, 1.807) is 0 Å². The Morgan fingerprint density at radius 3 is 2.40 bits per heavy atom. The second kappa shape index (κ2) is 5.29. The molecule has 2 nitrogen and oxygen atoms in total. The Morgan fingerprint density at radius 1 is 0.950 bits per heavy atom. The van der Waals surface area contributed by atoms with Crippen LogP contribution in [-0.4, -0.2) is 5.11 Å². The topological polar surface area (TPSA) is 33.4 Å². The number of fused-ring (bicyclic) bond motifs is 3. The van der Waals surface area contributed by atoms with Crippen molar-refractivity contribution in [3.05, 3.63) is 48.0 Å². The van der Waals surface area contributed by atoms with Crippen molar-refractivity contribution >= 4 is 21.9 Å². The van der Waals surface area contributed by atoms with Crippen LogP contribution in [0.5, 0.6) is 0 Å². The van der Waals surface area contributed by atoms with Gasteiger partial charge in [-0.15, -0.1) is 0 Å². The van der Waals surface area contributed by atoms with Crippen LogP contribution < -0.4 is 0 Å². The molecule has 2 heteroatoms. The average Bonchev–Trinajstić information content (AvgIpc) is 2.86. The van der Waals surface area contributed by atoms with Crippen LogP contribution in [0.25, 0.3) is 21.9 Å². The van der Waals surface area contributed by atoms with Crippen LogP contribution in [0.4, 0.5) is 0 Å². The number of aliphatic hydroxyl groups excluding tert-OH is 1. The molecule has 3 rings (SSSR count). The Morgan fingerprint density at radius 2 is 1.65 bits per heavy atom. The molecule has 104 valence electrons. The van der Waals surface area contributed by atoms with Gasteiger partial charge >= 0.3 is 0 Å². The van der Waals surface area contributed by atoms with Gasteiger partial charge in [0, 0.05) is 10.8 Å². The minimum Gasteiger partial charge on any atom is -0.456 e. The maximum atomic E-state index is 10.5. The average molecular weight is 268 g/mol. The fraction of sp³-hybridized carbons (Fsp3) is 0.333. The zero-order valence-corrected chi connectivity index (χ0v) is 12.0. The van der Waals surface area contributed by atoms with Gasteiger partial charge < -0.3 is 9.52 Å². The summed E-state index contributed by atoms with van der Waals surface area (Å²) in [7, 11) is 0. The van der Waals surface area contributed by atoms with Crippen molar-refractivity contribution in [3.63, 3.8) is 0 Å². The van der Waals surface area contributed by atoms with E-state index in [-0.39, 0.29) is 0 Å². The molecule has 0 radical (unpaired) electrons. The monoisotopic (exact) mass is 268 g/mol. The van der Waals surface area contributed by atoms with Crippen LogP contribution in [0.15, 0.2) is 46.9 Å². The molecule has 0 saturated carbocycles. The minimum absolute atomic E-state index is 0.311. The summed E-state index contributed by atoms with van der Waals surface area (Å²) in [6.07, 6.45) is 1.58. The van der Waals surface area contributed by atoms with Gasteiger partial charge in [0.25, 0.3) is 0 Å². The number of benzene rings is 2. The van der Waals surface area contributed by atoms with Crippen LogP contribution >= 0.6 is 0 Å². The Kier molecular flexibility index (Phi) is 3.49. The molecule has 1 N–H and O–H groups in total. The molecule has 0 bridgehead atoms. The van der Waals surface area contributed by atoms with Gasteiger partial charge in [-0.1, -0.05) is 51.0 Å². The molecular formula is C18H20O2. The van der Waals surface area contributed by atoms with E-state index in [1.165, 1.54) is 0 Å². The van der Waals surface area contributed by atoms with E-state index >= 15 is 0 Å². The van der Waals surface area contributed by atoms with Gasteiger partial charge in [0.15, 0.2) is 0 Å². The molecule has 2 aromatic carbocycles. The summed E-state index contributed by atoms with van der Waals surface area (Å²) in [5.74, 6) is 0.311. The van der Waals surface area contributed by atoms with Gasteiger partial charge in [-0.25, -0.2) is 0 Å². The molecule has 0 saturated heterocycles. The Balaban J connectivity index is 2.12. The molecule has 1 unspecified atom stereocenters. The van der Waals surface area contributed by atoms with E-state index in [0.717, 1.165) is 40.3 Å². The second-order valence-electron chi connectivity index (χ2n) is 5.38. The third-order valence-electron chi connectivity index (χ3n) is 4.24. The van der Waals surface area contributed by atoms with Gasteiger partial charge in [-0.05, 0) is 29.7 Å². The smallest absolute Gasteiger partial charge is 0.135 e. The minimum atomic E-state index is -0.400. The first-order valence-corrected chi connectivity index (χ1v) is 7.33. The lowest BCUT2D eigenvalue weighted by molar-refractivity contribution is 0.103. The van der Waals surface area contributed by atoms with Crippen LogP contribution in [0.3, 0.4) is 0 Å². The lowest BCUT2D eigenvalue weighted by Gasteiger charge is -2.20. The number of furan rings is 1. The molecule has 1 aromatic heterocycles. The van der Waals surface area contributed by atoms with Gasteiger partial charge in [0.1, 0.15) is 11.2 Å². The zero-order chi connectivity index (χ0) is 14.1. The number of rotatable bonds is 4. The number of hydrogen-bond donors (Lipinski definition) is 1. The van der Waals surface area contributed by atoms with Crippen LogP contribution in [0.1, 0.15) is 38.4 Å². The third-order valence-corrected chi connectivity index (χ3v) is 4.24. The predicted molar refractivity (Wildman–Crippen MR) is 82.8 cm³/mol. The summed E-state index contributed by atoms with van der Waals surface area (Å²) in [6, 6.07) is 14.1. The molecule has 0 amide bonds. The van der Waals surface area contributed by atoms with Gasteiger partial charge in [-0.2, -0.15) is 0 Å². The van der Waals surface area contributed by atoms with Gasteiger partial charge in [0.2, 0.25) is 0 Å². The van der Waals surface area contributed by atoms with Crippen molar-refractivity contribution in [1.82, 2.24) is 0 Å². The SMILES string of the molecule is CCC(CC)C(O)c1ccc2oc3ccccc3c2c1. The first-order chi connectivity index (χ1) is 9.74. The van der Waals surface area contributed by atoms with E-state index in [9.17, 15) is 5.11 Å². The van der Waals surface area contributed by atoms with Crippen LogP contribution in [0, 0.1) is 5.92 Å². The van der Waals surface area contributed by atoms with Crippen molar-refractivity contribution in [2.45, 2.75) is 32.8 Å². The van der Waals surface area contributed by atoms with Crippen molar-refractivity contribution in [2.75, 3.05) is 0 Å². The van der Waals surface area contributed by atoms with Crippen molar-refractivity contribution < 1.29 is 9.52 Å². The normalized spacial score (nSPS) is 13.4. The number of hydrogen-bond acceptors (Lipinski definition) is 2. The lowest BCUT2D eigenvalue weighted by Crippen LogP contribution is -2.10. The zero-order valence-electron chi connectivity index (χ0n) is 12.0. The molecule has 0 aliphatic carbocycles. The molecule has 1 atom stereocenters. The molecule has 0 aliphatic heterocycles. The van der Waals surface area contributed by atoms with E-state index in [0.29, 0.717) is 5.92 Å². The highest BCUT2D eigenvalue weighted by molar-refractivity contribution is 6.04. The van der Waals surface area contributed by atoms with E-state index in [2.05, 4.69) is 26.0 Å².